The molecule has 1 aromatic rings. The van der Waals surface area contributed by atoms with Crippen molar-refractivity contribution in [2.45, 2.75) is 32.9 Å². The van der Waals surface area contributed by atoms with Crippen LogP contribution in [0.1, 0.15) is 30.9 Å². The summed E-state index contributed by atoms with van der Waals surface area (Å²) in [5, 5.41) is 6.54. The Bertz CT molecular complexity index is 565. The summed E-state index contributed by atoms with van der Waals surface area (Å²) in [4.78, 5) is 4.54. The van der Waals surface area contributed by atoms with Crippen LogP contribution in [0.15, 0.2) is 17.1 Å². The van der Waals surface area contributed by atoms with Crippen molar-refractivity contribution < 1.29 is 13.9 Å². The van der Waals surface area contributed by atoms with Gasteiger partial charge in [0.15, 0.2) is 12.8 Å². The molecule has 1 aromatic carbocycles. The summed E-state index contributed by atoms with van der Waals surface area (Å²) in [6.45, 7) is 4.72. The van der Waals surface area contributed by atoms with Crippen molar-refractivity contribution in [3.63, 3.8) is 0 Å². The van der Waals surface area contributed by atoms with Gasteiger partial charge in [0, 0.05) is 24.2 Å². The van der Waals surface area contributed by atoms with E-state index in [1.807, 2.05) is 6.92 Å². The average molecular weight is 435 g/mol. The van der Waals surface area contributed by atoms with Crippen LogP contribution in [-0.4, -0.2) is 25.8 Å². The third-order valence-corrected chi connectivity index (χ3v) is 3.76. The predicted octanol–water partition coefficient (Wildman–Crippen LogP) is 2.78. The number of nitrogens with one attached hydrogen (secondary N) is 2. The van der Waals surface area contributed by atoms with E-state index in [0.29, 0.717) is 18.9 Å². The largest absolute Gasteiger partial charge is 0.467 e. The molecule has 0 atom stereocenters. The number of hydrogen-bond donors (Lipinski definition) is 2. The molecule has 3 rings (SSSR count). The molecular weight excluding hydrogens is 412 g/mol. The zero-order valence-corrected chi connectivity index (χ0v) is 15.6. The summed E-state index contributed by atoms with van der Waals surface area (Å²) >= 11 is 0. The van der Waals surface area contributed by atoms with Gasteiger partial charge in [-0.2, -0.15) is 0 Å². The number of ether oxygens (including phenoxy) is 2. The fourth-order valence-electron chi connectivity index (χ4n) is 2.44. The minimum absolute atomic E-state index is 0. The molecule has 2 N–H and O–H groups in total. The Balaban J connectivity index is 0.00000192. The standard InChI is InChI=1S/C16H22FN3O2.HI/c1-2-18-16(19-7-11-3-4-11)20-8-12-5-14(17)6-13-9-21-10-22-15(12)13;/h5-6,11H,2-4,7-10H2,1H3,(H2,18,19,20);1H. The van der Waals surface area contributed by atoms with Gasteiger partial charge in [0.05, 0.1) is 13.2 Å². The van der Waals surface area contributed by atoms with Crippen LogP contribution in [0.3, 0.4) is 0 Å². The molecule has 0 saturated heterocycles. The first-order valence-electron chi connectivity index (χ1n) is 7.80. The van der Waals surface area contributed by atoms with E-state index in [1.165, 1.54) is 25.0 Å². The van der Waals surface area contributed by atoms with E-state index < -0.39 is 0 Å². The van der Waals surface area contributed by atoms with Gasteiger partial charge in [-0.3, -0.25) is 0 Å². The maximum absolute atomic E-state index is 13.7. The first-order valence-corrected chi connectivity index (χ1v) is 7.80. The van der Waals surface area contributed by atoms with Crippen LogP contribution in [0, 0.1) is 11.7 Å². The first kappa shape index (κ1) is 18.3. The second-order valence-corrected chi connectivity index (χ2v) is 5.68. The van der Waals surface area contributed by atoms with Crippen LogP contribution >= 0.6 is 24.0 Å². The molecule has 5 nitrogen and oxygen atoms in total. The maximum atomic E-state index is 13.7. The van der Waals surface area contributed by atoms with Gasteiger partial charge in [-0.15, -0.1) is 24.0 Å². The summed E-state index contributed by atoms with van der Waals surface area (Å²) in [5.41, 5.74) is 1.49. The Morgan fingerprint density at radius 3 is 2.91 bits per heavy atom. The Hall–Kier alpha value is -1.09. The lowest BCUT2D eigenvalue weighted by Crippen LogP contribution is -2.38. The lowest BCUT2D eigenvalue weighted by Gasteiger charge is -2.20. The second kappa shape index (κ2) is 8.68. The van der Waals surface area contributed by atoms with E-state index in [1.54, 1.807) is 0 Å². The van der Waals surface area contributed by atoms with Gasteiger partial charge in [-0.25, -0.2) is 9.38 Å². The number of nitrogens with zero attached hydrogens (tertiary/aromatic N) is 1. The van der Waals surface area contributed by atoms with Crippen molar-refractivity contribution in [2.75, 3.05) is 19.9 Å². The topological polar surface area (TPSA) is 54.9 Å². The third-order valence-electron chi connectivity index (χ3n) is 3.76. The molecule has 1 aliphatic carbocycles. The second-order valence-electron chi connectivity index (χ2n) is 5.68. The summed E-state index contributed by atoms with van der Waals surface area (Å²) < 4.78 is 24.4. The molecule has 128 valence electrons. The molecule has 1 aliphatic heterocycles. The van der Waals surface area contributed by atoms with Crippen LogP contribution in [0.4, 0.5) is 4.39 Å². The van der Waals surface area contributed by atoms with E-state index >= 15 is 0 Å². The zero-order chi connectivity index (χ0) is 15.4. The highest BCUT2D eigenvalue weighted by molar-refractivity contribution is 14.0. The van der Waals surface area contributed by atoms with Crippen molar-refractivity contribution in [2.24, 2.45) is 10.9 Å². The molecule has 1 heterocycles. The van der Waals surface area contributed by atoms with E-state index in [0.717, 1.165) is 36.1 Å². The normalized spacial score (nSPS) is 16.9. The number of hydrogen-bond acceptors (Lipinski definition) is 3. The van der Waals surface area contributed by atoms with E-state index in [-0.39, 0.29) is 36.6 Å². The zero-order valence-electron chi connectivity index (χ0n) is 13.2. The van der Waals surface area contributed by atoms with Crippen LogP contribution in [0.5, 0.6) is 5.75 Å². The Labute approximate surface area is 153 Å². The number of aliphatic imine (C=N–C) groups is 1. The Morgan fingerprint density at radius 2 is 2.17 bits per heavy atom. The minimum atomic E-state index is -0.283. The number of guanidine groups is 1. The molecule has 7 heteroatoms. The van der Waals surface area contributed by atoms with E-state index in [4.69, 9.17) is 9.47 Å². The van der Waals surface area contributed by atoms with Gasteiger partial charge >= 0.3 is 0 Å². The van der Waals surface area contributed by atoms with Crippen molar-refractivity contribution in [1.82, 2.24) is 10.6 Å². The lowest BCUT2D eigenvalue weighted by molar-refractivity contribution is -0.0172. The van der Waals surface area contributed by atoms with Gasteiger partial charge in [-0.1, -0.05) is 0 Å². The molecule has 0 radical (unpaired) electrons. The predicted molar refractivity (Wildman–Crippen MR) is 97.6 cm³/mol. The molecule has 0 unspecified atom stereocenters. The molecule has 1 saturated carbocycles. The highest BCUT2D eigenvalue weighted by Gasteiger charge is 2.21. The van der Waals surface area contributed by atoms with Gasteiger partial charge in [0.25, 0.3) is 0 Å². The fourth-order valence-corrected chi connectivity index (χ4v) is 2.44. The van der Waals surface area contributed by atoms with Crippen molar-refractivity contribution in [3.8, 4) is 5.75 Å². The summed E-state index contributed by atoms with van der Waals surface area (Å²) in [6.07, 6.45) is 2.58. The lowest BCUT2D eigenvalue weighted by atomic mass is 10.1. The maximum Gasteiger partial charge on any atom is 0.191 e. The molecule has 1 fully saturated rings. The van der Waals surface area contributed by atoms with Gasteiger partial charge in [0.2, 0.25) is 0 Å². The fraction of sp³-hybridized carbons (Fsp3) is 0.562. The first-order chi connectivity index (χ1) is 10.8. The molecule has 2 aliphatic rings. The van der Waals surface area contributed by atoms with Gasteiger partial charge in [0.1, 0.15) is 11.6 Å². The number of rotatable bonds is 5. The van der Waals surface area contributed by atoms with Crippen molar-refractivity contribution in [3.05, 3.63) is 29.1 Å². The van der Waals surface area contributed by atoms with E-state index in [9.17, 15) is 4.39 Å². The smallest absolute Gasteiger partial charge is 0.191 e. The summed E-state index contributed by atoms with van der Waals surface area (Å²) in [5.74, 6) is 1.95. The number of halogens is 2. The van der Waals surface area contributed by atoms with Crippen LogP contribution < -0.4 is 15.4 Å². The third kappa shape index (κ3) is 5.20. The highest BCUT2D eigenvalue weighted by Crippen LogP contribution is 2.30. The van der Waals surface area contributed by atoms with E-state index in [2.05, 4.69) is 15.6 Å². The average Bonchev–Trinajstić information content (AvgIpc) is 3.34. The molecule has 0 spiro atoms. The molecule has 23 heavy (non-hydrogen) atoms. The van der Waals surface area contributed by atoms with Crippen LogP contribution in [0.2, 0.25) is 0 Å². The number of benzene rings is 1. The SMILES string of the molecule is CCNC(=NCc1cc(F)cc2c1OCOC2)NCC1CC1.I. The van der Waals surface area contributed by atoms with Crippen molar-refractivity contribution >= 4 is 29.9 Å². The van der Waals surface area contributed by atoms with Gasteiger partial charge in [-0.05, 0) is 37.8 Å². The van der Waals surface area contributed by atoms with Crippen molar-refractivity contribution in [1.29, 1.82) is 0 Å². The quantitative estimate of drug-likeness (QED) is 0.425. The minimum Gasteiger partial charge on any atom is -0.467 e. The molecule has 0 amide bonds. The Morgan fingerprint density at radius 1 is 1.35 bits per heavy atom. The monoisotopic (exact) mass is 435 g/mol. The van der Waals surface area contributed by atoms with Gasteiger partial charge < -0.3 is 20.1 Å². The van der Waals surface area contributed by atoms with Crippen LogP contribution in [0.25, 0.3) is 0 Å². The Kier molecular flexibility index (Phi) is 6.88. The molecule has 0 aromatic heterocycles. The summed E-state index contributed by atoms with van der Waals surface area (Å²) in [7, 11) is 0. The highest BCUT2D eigenvalue weighted by atomic mass is 127. The summed E-state index contributed by atoms with van der Waals surface area (Å²) in [6, 6.07) is 2.94. The number of fused-ring (bicyclic) bond motifs is 1. The van der Waals surface area contributed by atoms with Crippen LogP contribution in [-0.2, 0) is 17.9 Å². The molecule has 0 bridgehead atoms. The molecular formula is C16H23FIN3O2.